The van der Waals surface area contributed by atoms with Crippen LogP contribution in [0, 0.1) is 5.92 Å². The van der Waals surface area contributed by atoms with Gasteiger partial charge in [-0.05, 0) is 49.8 Å². The number of ether oxygens (including phenoxy) is 1. The summed E-state index contributed by atoms with van der Waals surface area (Å²) in [5, 5.41) is 6.20. The van der Waals surface area contributed by atoms with Crippen molar-refractivity contribution >= 4 is 34.0 Å². The van der Waals surface area contributed by atoms with Crippen LogP contribution in [0.1, 0.15) is 41.1 Å². The van der Waals surface area contributed by atoms with E-state index in [1.807, 2.05) is 30.3 Å². The fourth-order valence-corrected chi connectivity index (χ4v) is 4.44. The first-order valence-electron chi connectivity index (χ1n) is 8.53. The van der Waals surface area contributed by atoms with E-state index in [2.05, 4.69) is 17.6 Å². The van der Waals surface area contributed by atoms with E-state index in [0.29, 0.717) is 28.8 Å². The number of nitrogens with one attached hydrogen (secondary N) is 2. The van der Waals surface area contributed by atoms with Crippen LogP contribution in [0.2, 0.25) is 0 Å². The highest BCUT2D eigenvalue weighted by Gasteiger charge is 2.29. The molecule has 0 aliphatic heterocycles. The smallest absolute Gasteiger partial charge is 0.341 e. The van der Waals surface area contributed by atoms with E-state index in [9.17, 15) is 9.59 Å². The van der Waals surface area contributed by atoms with Gasteiger partial charge in [0.15, 0.2) is 0 Å². The Bertz CT molecular complexity index is 770. The zero-order valence-corrected chi connectivity index (χ0v) is 15.2. The molecule has 1 aliphatic carbocycles. The lowest BCUT2D eigenvalue weighted by Gasteiger charge is -2.18. The van der Waals surface area contributed by atoms with Gasteiger partial charge < -0.3 is 10.1 Å². The first-order chi connectivity index (χ1) is 12.1. The molecule has 2 amide bonds. The van der Waals surface area contributed by atoms with Crippen molar-refractivity contribution in [1.29, 1.82) is 0 Å². The lowest BCUT2D eigenvalue weighted by atomic mass is 9.88. The average Bonchev–Trinajstić information content (AvgIpc) is 2.92. The van der Waals surface area contributed by atoms with Crippen LogP contribution in [-0.2, 0) is 17.6 Å². The summed E-state index contributed by atoms with van der Waals surface area (Å²) in [6.45, 7) is 4.31. The molecule has 1 aromatic heterocycles. The summed E-state index contributed by atoms with van der Waals surface area (Å²) >= 11 is 1.49. The van der Waals surface area contributed by atoms with E-state index in [4.69, 9.17) is 4.74 Å². The Labute approximate surface area is 151 Å². The monoisotopic (exact) mass is 358 g/mol. The van der Waals surface area contributed by atoms with Crippen molar-refractivity contribution < 1.29 is 14.3 Å². The fourth-order valence-electron chi connectivity index (χ4n) is 3.04. The highest BCUT2D eigenvalue weighted by molar-refractivity contribution is 7.17. The maximum atomic E-state index is 12.4. The molecule has 2 aromatic rings. The molecule has 5 nitrogen and oxygen atoms in total. The highest BCUT2D eigenvalue weighted by atomic mass is 32.1. The van der Waals surface area contributed by atoms with E-state index < -0.39 is 0 Å². The predicted octanol–water partition coefficient (Wildman–Crippen LogP) is 4.69. The van der Waals surface area contributed by atoms with Crippen LogP contribution >= 0.6 is 11.3 Å². The topological polar surface area (TPSA) is 67.4 Å². The molecule has 3 rings (SSSR count). The van der Waals surface area contributed by atoms with Gasteiger partial charge in [0.25, 0.3) is 0 Å². The minimum atomic E-state index is -0.358. The van der Waals surface area contributed by atoms with Gasteiger partial charge >= 0.3 is 12.0 Å². The van der Waals surface area contributed by atoms with Gasteiger partial charge in [-0.25, -0.2) is 9.59 Å². The largest absolute Gasteiger partial charge is 0.462 e. The van der Waals surface area contributed by atoms with Gasteiger partial charge in [0.05, 0.1) is 12.2 Å². The maximum Gasteiger partial charge on any atom is 0.341 e. The Hall–Kier alpha value is -2.34. The summed E-state index contributed by atoms with van der Waals surface area (Å²) in [4.78, 5) is 25.9. The molecular formula is C19H22N2O3S. The molecule has 1 heterocycles. The van der Waals surface area contributed by atoms with E-state index >= 15 is 0 Å². The summed E-state index contributed by atoms with van der Waals surface area (Å²) < 4.78 is 5.22. The lowest BCUT2D eigenvalue weighted by Crippen LogP contribution is -2.21. The van der Waals surface area contributed by atoms with Crippen LogP contribution < -0.4 is 10.6 Å². The van der Waals surface area contributed by atoms with Crippen LogP contribution in [0.3, 0.4) is 0 Å². The second-order valence-corrected chi connectivity index (χ2v) is 7.33. The molecule has 0 saturated carbocycles. The molecule has 0 spiro atoms. The number of amides is 2. The van der Waals surface area contributed by atoms with E-state index in [0.717, 1.165) is 24.8 Å². The molecule has 0 unspecified atom stereocenters. The Morgan fingerprint density at radius 3 is 2.72 bits per heavy atom. The van der Waals surface area contributed by atoms with Crippen molar-refractivity contribution in [2.24, 2.45) is 5.92 Å². The third kappa shape index (κ3) is 4.02. The normalized spacial score (nSPS) is 16.0. The number of urea groups is 1. The number of para-hydroxylation sites is 1. The number of hydrogen-bond acceptors (Lipinski definition) is 4. The Kier molecular flexibility index (Phi) is 5.38. The lowest BCUT2D eigenvalue weighted by molar-refractivity contribution is 0.0526. The third-order valence-electron chi connectivity index (χ3n) is 4.25. The van der Waals surface area contributed by atoms with Gasteiger partial charge in [-0.3, -0.25) is 5.32 Å². The van der Waals surface area contributed by atoms with E-state index in [1.165, 1.54) is 16.2 Å². The highest BCUT2D eigenvalue weighted by Crippen LogP contribution is 2.40. The number of carbonyl (C=O) groups excluding carboxylic acids is 2. The second-order valence-electron chi connectivity index (χ2n) is 6.22. The van der Waals surface area contributed by atoms with Crippen molar-refractivity contribution in [3.05, 3.63) is 46.3 Å². The Balaban J connectivity index is 1.84. The first kappa shape index (κ1) is 17.5. The minimum absolute atomic E-state index is 0.315. The second kappa shape index (κ2) is 7.70. The average molecular weight is 358 g/mol. The molecule has 1 aromatic carbocycles. The molecule has 1 aliphatic rings. The third-order valence-corrected chi connectivity index (χ3v) is 5.42. The molecule has 0 radical (unpaired) electrons. The number of benzene rings is 1. The Morgan fingerprint density at radius 2 is 2.00 bits per heavy atom. The number of rotatable bonds is 4. The van der Waals surface area contributed by atoms with Gasteiger partial charge in [0.1, 0.15) is 5.00 Å². The van der Waals surface area contributed by atoms with Crippen molar-refractivity contribution in [2.75, 3.05) is 17.2 Å². The van der Waals surface area contributed by atoms with Crippen LogP contribution in [0.15, 0.2) is 30.3 Å². The van der Waals surface area contributed by atoms with Crippen molar-refractivity contribution in [2.45, 2.75) is 33.1 Å². The van der Waals surface area contributed by atoms with Crippen LogP contribution in [0.25, 0.3) is 0 Å². The van der Waals surface area contributed by atoms with E-state index in [-0.39, 0.29) is 12.0 Å². The standard InChI is InChI=1S/C19H22N2O3S/c1-3-24-18(22)16-14-10-9-12(2)11-15(14)25-17(16)21-19(23)20-13-7-5-4-6-8-13/h4-8,12H,3,9-11H2,1-2H3,(H2,20,21,23)/t12-/m1/s1. The summed E-state index contributed by atoms with van der Waals surface area (Å²) in [6.07, 6.45) is 2.84. The first-order valence-corrected chi connectivity index (χ1v) is 9.34. The SMILES string of the molecule is CCOC(=O)c1c(NC(=O)Nc2ccccc2)sc2c1CC[C@@H](C)C2. The summed E-state index contributed by atoms with van der Waals surface area (Å²) in [6, 6.07) is 8.86. The van der Waals surface area contributed by atoms with Crippen molar-refractivity contribution in [3.8, 4) is 0 Å². The van der Waals surface area contributed by atoms with Crippen LogP contribution in [-0.4, -0.2) is 18.6 Å². The fraction of sp³-hybridized carbons (Fsp3) is 0.368. The molecule has 25 heavy (non-hydrogen) atoms. The number of anilines is 2. The number of fused-ring (bicyclic) bond motifs is 1. The van der Waals surface area contributed by atoms with Gasteiger partial charge in [-0.1, -0.05) is 25.1 Å². The number of thiophene rings is 1. The molecule has 0 bridgehead atoms. The zero-order chi connectivity index (χ0) is 17.8. The predicted molar refractivity (Wildman–Crippen MR) is 101 cm³/mol. The molecule has 0 saturated heterocycles. The minimum Gasteiger partial charge on any atom is -0.462 e. The number of esters is 1. The zero-order valence-electron chi connectivity index (χ0n) is 14.4. The number of hydrogen-bond donors (Lipinski definition) is 2. The van der Waals surface area contributed by atoms with Gasteiger partial charge in [-0.15, -0.1) is 11.3 Å². The van der Waals surface area contributed by atoms with Gasteiger partial charge in [0, 0.05) is 10.6 Å². The van der Waals surface area contributed by atoms with Crippen LogP contribution in [0.4, 0.5) is 15.5 Å². The quantitative estimate of drug-likeness (QED) is 0.779. The Morgan fingerprint density at radius 1 is 1.24 bits per heavy atom. The summed E-state index contributed by atoms with van der Waals surface area (Å²) in [5.74, 6) is 0.233. The van der Waals surface area contributed by atoms with E-state index in [1.54, 1.807) is 6.92 Å². The van der Waals surface area contributed by atoms with Crippen LogP contribution in [0.5, 0.6) is 0 Å². The summed E-state index contributed by atoms with van der Waals surface area (Å²) in [5.41, 5.74) is 2.26. The van der Waals surface area contributed by atoms with Gasteiger partial charge in [0.2, 0.25) is 0 Å². The molecule has 1 atom stereocenters. The molecule has 6 heteroatoms. The maximum absolute atomic E-state index is 12.4. The summed E-state index contributed by atoms with van der Waals surface area (Å²) in [7, 11) is 0. The number of carbonyl (C=O) groups is 2. The molecule has 0 fully saturated rings. The van der Waals surface area contributed by atoms with Crippen molar-refractivity contribution in [3.63, 3.8) is 0 Å². The molecule has 2 N–H and O–H groups in total. The van der Waals surface area contributed by atoms with Crippen molar-refractivity contribution in [1.82, 2.24) is 0 Å². The molecule has 132 valence electrons. The van der Waals surface area contributed by atoms with Gasteiger partial charge in [-0.2, -0.15) is 0 Å². The molecular weight excluding hydrogens is 336 g/mol.